The topological polar surface area (TPSA) is 61.4 Å². The maximum Gasteiger partial charge on any atom is 0.315 e. The molecule has 0 radical (unpaired) electrons. The first-order chi connectivity index (χ1) is 6.72. The second-order valence-electron chi connectivity index (χ2n) is 3.88. The third-order valence-electron chi connectivity index (χ3n) is 2.67. The molecular weight excluding hydrogens is 180 g/mol. The minimum atomic E-state index is -0.293. The summed E-state index contributed by atoms with van der Waals surface area (Å²) in [5.74, 6) is 0. The minimum absolute atomic E-state index is 0.0991. The highest BCUT2D eigenvalue weighted by molar-refractivity contribution is 5.74. The van der Waals surface area contributed by atoms with Gasteiger partial charge in [-0.2, -0.15) is 0 Å². The Hall–Kier alpha value is -0.770. The molecule has 1 saturated carbocycles. The molecule has 0 saturated heterocycles. The van der Waals surface area contributed by atoms with Crippen molar-refractivity contribution >= 4 is 6.03 Å². The predicted molar refractivity (Wildman–Crippen MR) is 55.1 cm³/mol. The van der Waals surface area contributed by atoms with E-state index in [1.54, 1.807) is 0 Å². The first kappa shape index (κ1) is 11.3. The fourth-order valence-corrected chi connectivity index (χ4v) is 1.35. The molecule has 0 bridgehead atoms. The Kier molecular flexibility index (Phi) is 4.73. The summed E-state index contributed by atoms with van der Waals surface area (Å²) in [5, 5.41) is 14.9. The summed E-state index contributed by atoms with van der Waals surface area (Å²) in [5.41, 5.74) is 0. The van der Waals surface area contributed by atoms with Gasteiger partial charge in [-0.3, -0.25) is 0 Å². The van der Waals surface area contributed by atoms with Gasteiger partial charge in [0.05, 0.1) is 6.10 Å². The van der Waals surface area contributed by atoms with Gasteiger partial charge >= 0.3 is 6.03 Å². The van der Waals surface area contributed by atoms with Crippen LogP contribution in [0.5, 0.6) is 0 Å². The Morgan fingerprint density at radius 2 is 2.29 bits per heavy atom. The highest BCUT2D eigenvalue weighted by atomic mass is 16.3. The van der Waals surface area contributed by atoms with Gasteiger partial charge in [-0.1, -0.05) is 6.92 Å². The molecular formula is C10H20N2O2. The predicted octanol–water partition coefficient (Wildman–Crippen LogP) is 0.999. The standard InChI is InChI=1S/C10H20N2O2/c1-2-9(13)6-7-11-10(14)12-8-4-3-5-8/h8-9,13H,2-7H2,1H3,(H2,11,12,14). The molecule has 0 aromatic heterocycles. The largest absolute Gasteiger partial charge is 0.393 e. The average Bonchev–Trinajstić information content (AvgIpc) is 2.11. The van der Waals surface area contributed by atoms with Crippen LogP contribution in [-0.4, -0.2) is 29.8 Å². The Labute approximate surface area is 85.1 Å². The lowest BCUT2D eigenvalue weighted by molar-refractivity contribution is 0.159. The number of hydrogen-bond acceptors (Lipinski definition) is 2. The molecule has 4 nitrogen and oxygen atoms in total. The van der Waals surface area contributed by atoms with Gasteiger partial charge in [0.15, 0.2) is 0 Å². The van der Waals surface area contributed by atoms with Crippen molar-refractivity contribution in [3.8, 4) is 0 Å². The summed E-state index contributed by atoms with van der Waals surface area (Å²) in [6.07, 6.45) is 4.51. The number of aliphatic hydroxyl groups is 1. The molecule has 2 amide bonds. The number of rotatable bonds is 5. The maximum atomic E-state index is 11.2. The second kappa shape index (κ2) is 5.86. The molecule has 1 atom stereocenters. The van der Waals surface area contributed by atoms with Crippen molar-refractivity contribution in [2.75, 3.05) is 6.54 Å². The van der Waals surface area contributed by atoms with Crippen LogP contribution in [0.3, 0.4) is 0 Å². The van der Waals surface area contributed by atoms with Gasteiger partial charge < -0.3 is 15.7 Å². The number of carbonyl (C=O) groups excluding carboxylic acids is 1. The van der Waals surface area contributed by atoms with E-state index in [4.69, 9.17) is 0 Å². The van der Waals surface area contributed by atoms with Crippen molar-refractivity contribution in [2.24, 2.45) is 0 Å². The summed E-state index contributed by atoms with van der Waals surface area (Å²) < 4.78 is 0. The fraction of sp³-hybridized carbons (Fsp3) is 0.900. The summed E-state index contributed by atoms with van der Waals surface area (Å²) >= 11 is 0. The number of hydrogen-bond donors (Lipinski definition) is 3. The number of nitrogens with one attached hydrogen (secondary N) is 2. The molecule has 0 aliphatic heterocycles. The van der Waals surface area contributed by atoms with E-state index in [0.29, 0.717) is 19.0 Å². The molecule has 1 aliphatic rings. The molecule has 14 heavy (non-hydrogen) atoms. The number of aliphatic hydroxyl groups excluding tert-OH is 1. The van der Waals surface area contributed by atoms with Crippen LogP contribution >= 0.6 is 0 Å². The molecule has 3 N–H and O–H groups in total. The number of urea groups is 1. The van der Waals surface area contributed by atoms with Crippen LogP contribution in [0.4, 0.5) is 4.79 Å². The summed E-state index contributed by atoms with van der Waals surface area (Å²) in [4.78, 5) is 11.2. The normalized spacial score (nSPS) is 18.4. The van der Waals surface area contributed by atoms with Gasteiger partial charge in [0.25, 0.3) is 0 Å². The lowest BCUT2D eigenvalue weighted by atomic mass is 9.93. The third kappa shape index (κ3) is 3.96. The van der Waals surface area contributed by atoms with Crippen LogP contribution in [0.15, 0.2) is 0 Å². The molecule has 0 aromatic carbocycles. The minimum Gasteiger partial charge on any atom is -0.393 e. The van der Waals surface area contributed by atoms with E-state index in [0.717, 1.165) is 19.3 Å². The van der Waals surface area contributed by atoms with Crippen molar-refractivity contribution in [2.45, 2.75) is 51.2 Å². The maximum absolute atomic E-state index is 11.2. The molecule has 0 aromatic rings. The lowest BCUT2D eigenvalue weighted by Gasteiger charge is -2.26. The Morgan fingerprint density at radius 1 is 1.57 bits per heavy atom. The molecule has 4 heteroatoms. The van der Waals surface area contributed by atoms with Crippen LogP contribution < -0.4 is 10.6 Å². The van der Waals surface area contributed by atoms with Gasteiger partial charge in [-0.25, -0.2) is 4.79 Å². The van der Waals surface area contributed by atoms with Crippen molar-refractivity contribution in [3.05, 3.63) is 0 Å². The van der Waals surface area contributed by atoms with Gasteiger partial charge in [-0.05, 0) is 32.1 Å². The molecule has 82 valence electrons. The smallest absolute Gasteiger partial charge is 0.315 e. The van der Waals surface area contributed by atoms with Crippen molar-refractivity contribution in [1.29, 1.82) is 0 Å². The number of amides is 2. The average molecular weight is 200 g/mol. The van der Waals surface area contributed by atoms with E-state index < -0.39 is 0 Å². The van der Waals surface area contributed by atoms with Crippen LogP contribution in [0.25, 0.3) is 0 Å². The first-order valence-electron chi connectivity index (χ1n) is 5.44. The Morgan fingerprint density at radius 3 is 2.79 bits per heavy atom. The Bertz CT molecular complexity index is 181. The van der Waals surface area contributed by atoms with Crippen molar-refractivity contribution in [3.63, 3.8) is 0 Å². The van der Waals surface area contributed by atoms with E-state index in [1.807, 2.05) is 6.92 Å². The Balaban J connectivity index is 1.97. The highest BCUT2D eigenvalue weighted by Gasteiger charge is 2.18. The fourth-order valence-electron chi connectivity index (χ4n) is 1.35. The van der Waals surface area contributed by atoms with Crippen LogP contribution in [-0.2, 0) is 0 Å². The van der Waals surface area contributed by atoms with Crippen molar-refractivity contribution in [1.82, 2.24) is 10.6 Å². The zero-order chi connectivity index (χ0) is 10.4. The van der Waals surface area contributed by atoms with Crippen LogP contribution in [0.1, 0.15) is 39.0 Å². The second-order valence-corrected chi connectivity index (χ2v) is 3.88. The molecule has 0 spiro atoms. The molecule has 1 fully saturated rings. The van der Waals surface area contributed by atoms with E-state index in [1.165, 1.54) is 6.42 Å². The van der Waals surface area contributed by atoms with Gasteiger partial charge in [0.1, 0.15) is 0 Å². The molecule has 1 aliphatic carbocycles. The zero-order valence-corrected chi connectivity index (χ0v) is 8.75. The van der Waals surface area contributed by atoms with Crippen LogP contribution in [0, 0.1) is 0 Å². The van der Waals surface area contributed by atoms with E-state index >= 15 is 0 Å². The highest BCUT2D eigenvalue weighted by Crippen LogP contribution is 2.17. The monoisotopic (exact) mass is 200 g/mol. The molecule has 1 rings (SSSR count). The van der Waals surface area contributed by atoms with E-state index in [9.17, 15) is 9.90 Å². The quantitative estimate of drug-likeness (QED) is 0.620. The van der Waals surface area contributed by atoms with Gasteiger partial charge in [-0.15, -0.1) is 0 Å². The third-order valence-corrected chi connectivity index (χ3v) is 2.67. The summed E-state index contributed by atoms with van der Waals surface area (Å²) in [7, 11) is 0. The van der Waals surface area contributed by atoms with E-state index in [-0.39, 0.29) is 12.1 Å². The molecule has 1 unspecified atom stereocenters. The lowest BCUT2D eigenvalue weighted by Crippen LogP contribution is -2.45. The SMILES string of the molecule is CCC(O)CCNC(=O)NC1CCC1. The van der Waals surface area contributed by atoms with Gasteiger partial charge in [0.2, 0.25) is 0 Å². The van der Waals surface area contributed by atoms with E-state index in [2.05, 4.69) is 10.6 Å². The summed E-state index contributed by atoms with van der Waals surface area (Å²) in [6.45, 7) is 2.48. The van der Waals surface area contributed by atoms with Gasteiger partial charge in [0, 0.05) is 12.6 Å². The molecule has 0 heterocycles. The van der Waals surface area contributed by atoms with Crippen LogP contribution in [0.2, 0.25) is 0 Å². The van der Waals surface area contributed by atoms with Crippen molar-refractivity contribution < 1.29 is 9.90 Å². The first-order valence-corrected chi connectivity index (χ1v) is 5.44. The summed E-state index contributed by atoms with van der Waals surface area (Å²) in [6, 6.07) is 0.282. The zero-order valence-electron chi connectivity index (χ0n) is 8.75. The number of carbonyl (C=O) groups is 1.